The smallest absolute Gasteiger partial charge is 0.231 e. The van der Waals surface area contributed by atoms with Gasteiger partial charge >= 0.3 is 0 Å². The van der Waals surface area contributed by atoms with Gasteiger partial charge in [0.05, 0.1) is 0 Å². The Morgan fingerprint density at radius 1 is 1.28 bits per heavy atom. The largest absolute Gasteiger partial charge is 0.454 e. The molecule has 1 aliphatic rings. The summed E-state index contributed by atoms with van der Waals surface area (Å²) in [5, 5.41) is 0.844. The number of nitrogens with zero attached hydrogens (tertiary/aromatic N) is 5. The van der Waals surface area contributed by atoms with Crippen molar-refractivity contribution >= 4 is 51.3 Å². The van der Waals surface area contributed by atoms with Crippen molar-refractivity contribution in [2.75, 3.05) is 26.1 Å². The molecule has 29 heavy (non-hydrogen) atoms. The second-order valence-electron chi connectivity index (χ2n) is 7.14. The van der Waals surface area contributed by atoms with Crippen molar-refractivity contribution in [1.82, 2.24) is 24.4 Å². The number of nitrogen functional groups attached to an aromatic ring is 1. The molecule has 0 aliphatic carbocycles. The van der Waals surface area contributed by atoms with Crippen LogP contribution in [0.25, 0.3) is 11.2 Å². The first-order valence-electron chi connectivity index (χ1n) is 9.38. The van der Waals surface area contributed by atoms with Crippen LogP contribution in [0.2, 0.25) is 0 Å². The minimum atomic E-state index is 0.257. The lowest BCUT2D eigenvalue weighted by molar-refractivity contribution is 0.174. The fraction of sp³-hybridized carbons (Fsp3) is 0.421. The Hall–Kier alpha value is -1.79. The van der Waals surface area contributed by atoms with Crippen molar-refractivity contribution in [3.63, 3.8) is 0 Å². The first kappa shape index (κ1) is 20.5. The number of ether oxygens (including phenoxy) is 2. The molecular formula is C19H23IN6O2S. The molecule has 0 atom stereocenters. The predicted molar refractivity (Wildman–Crippen MR) is 122 cm³/mol. The van der Waals surface area contributed by atoms with Crippen LogP contribution in [0.1, 0.15) is 20.3 Å². The molecule has 2 N–H and O–H groups in total. The zero-order valence-corrected chi connectivity index (χ0v) is 19.5. The van der Waals surface area contributed by atoms with Gasteiger partial charge in [0.1, 0.15) is 6.33 Å². The summed E-state index contributed by atoms with van der Waals surface area (Å²) < 4.78 is 14.2. The third-order valence-corrected chi connectivity index (χ3v) is 7.24. The highest BCUT2D eigenvalue weighted by Gasteiger charge is 2.20. The zero-order valence-electron chi connectivity index (χ0n) is 16.6. The SMILES string of the molecule is CC(C)N(C)CCCn1c(Sc2cc3c(cc2I)OCO3)nc2c(N)ncnc21. The molecule has 154 valence electrons. The molecular weight excluding hydrogens is 503 g/mol. The number of imidazole rings is 1. The van der Waals surface area contributed by atoms with E-state index >= 15 is 0 Å². The fourth-order valence-electron chi connectivity index (χ4n) is 3.02. The van der Waals surface area contributed by atoms with E-state index in [1.807, 2.05) is 12.1 Å². The molecule has 0 radical (unpaired) electrons. The molecule has 4 rings (SSSR count). The molecule has 0 amide bonds. The molecule has 0 unspecified atom stereocenters. The van der Waals surface area contributed by atoms with Gasteiger partial charge in [-0.25, -0.2) is 15.0 Å². The van der Waals surface area contributed by atoms with E-state index in [4.69, 9.17) is 20.2 Å². The van der Waals surface area contributed by atoms with Gasteiger partial charge in [-0.1, -0.05) is 11.8 Å². The molecule has 8 nitrogen and oxygen atoms in total. The molecule has 2 aromatic heterocycles. The Morgan fingerprint density at radius 3 is 2.79 bits per heavy atom. The average Bonchev–Trinajstić information content (AvgIpc) is 3.27. The van der Waals surface area contributed by atoms with Crippen LogP contribution in [0, 0.1) is 3.57 Å². The van der Waals surface area contributed by atoms with Crippen LogP contribution in [-0.2, 0) is 6.54 Å². The highest BCUT2D eigenvalue weighted by atomic mass is 127. The summed E-state index contributed by atoms with van der Waals surface area (Å²) in [5.41, 5.74) is 7.48. The number of nitrogens with two attached hydrogens (primary N) is 1. The second-order valence-corrected chi connectivity index (χ2v) is 9.31. The Labute approximate surface area is 187 Å². The zero-order chi connectivity index (χ0) is 20.5. The van der Waals surface area contributed by atoms with Crippen LogP contribution in [0.15, 0.2) is 28.5 Å². The monoisotopic (exact) mass is 526 g/mol. The minimum Gasteiger partial charge on any atom is -0.454 e. The average molecular weight is 526 g/mol. The summed E-state index contributed by atoms with van der Waals surface area (Å²) in [7, 11) is 2.14. The molecule has 0 spiro atoms. The Morgan fingerprint density at radius 2 is 2.03 bits per heavy atom. The van der Waals surface area contributed by atoms with Gasteiger partial charge in [0, 0.05) is 21.1 Å². The Bertz CT molecular complexity index is 1040. The van der Waals surface area contributed by atoms with E-state index in [0.29, 0.717) is 17.4 Å². The summed E-state index contributed by atoms with van der Waals surface area (Å²) >= 11 is 3.89. The molecule has 3 aromatic rings. The number of aryl methyl sites for hydroxylation is 1. The van der Waals surface area contributed by atoms with Crippen LogP contribution in [0.3, 0.4) is 0 Å². The number of hydrogen-bond acceptors (Lipinski definition) is 8. The number of fused-ring (bicyclic) bond motifs is 2. The Balaban J connectivity index is 1.65. The van der Waals surface area contributed by atoms with E-state index < -0.39 is 0 Å². The van der Waals surface area contributed by atoms with Crippen molar-refractivity contribution in [2.24, 2.45) is 0 Å². The van der Waals surface area contributed by atoms with E-state index in [-0.39, 0.29) is 6.79 Å². The molecule has 10 heteroatoms. The summed E-state index contributed by atoms with van der Waals surface area (Å²) in [6, 6.07) is 4.50. The maximum absolute atomic E-state index is 6.07. The van der Waals surface area contributed by atoms with E-state index in [1.165, 1.54) is 6.33 Å². The topological polar surface area (TPSA) is 91.3 Å². The van der Waals surface area contributed by atoms with Crippen LogP contribution in [0.4, 0.5) is 5.82 Å². The van der Waals surface area contributed by atoms with E-state index in [1.54, 1.807) is 11.8 Å². The minimum absolute atomic E-state index is 0.257. The van der Waals surface area contributed by atoms with Crippen molar-refractivity contribution in [3.8, 4) is 11.5 Å². The van der Waals surface area contributed by atoms with Crippen molar-refractivity contribution < 1.29 is 9.47 Å². The first-order valence-corrected chi connectivity index (χ1v) is 11.3. The molecule has 0 bridgehead atoms. The molecule has 1 aliphatic heterocycles. The number of halogens is 1. The summed E-state index contributed by atoms with van der Waals surface area (Å²) in [6.45, 7) is 6.44. The van der Waals surface area contributed by atoms with E-state index in [0.717, 1.165) is 50.3 Å². The number of anilines is 1. The van der Waals surface area contributed by atoms with Crippen molar-refractivity contribution in [2.45, 2.75) is 42.9 Å². The number of hydrogen-bond donors (Lipinski definition) is 1. The van der Waals surface area contributed by atoms with Gasteiger partial charge < -0.3 is 24.7 Å². The highest BCUT2D eigenvalue weighted by molar-refractivity contribution is 14.1. The lowest BCUT2D eigenvalue weighted by Crippen LogP contribution is -2.28. The first-order chi connectivity index (χ1) is 13.9. The van der Waals surface area contributed by atoms with Crippen LogP contribution < -0.4 is 15.2 Å². The summed E-state index contributed by atoms with van der Waals surface area (Å²) in [6.07, 6.45) is 2.48. The molecule has 0 saturated carbocycles. The van der Waals surface area contributed by atoms with E-state index in [2.05, 4.69) is 62.9 Å². The maximum Gasteiger partial charge on any atom is 0.231 e. The summed E-state index contributed by atoms with van der Waals surface area (Å²) in [5.74, 6) is 1.93. The molecule has 3 heterocycles. The number of benzene rings is 1. The Kier molecular flexibility index (Phi) is 6.02. The van der Waals surface area contributed by atoms with E-state index in [9.17, 15) is 0 Å². The highest BCUT2D eigenvalue weighted by Crippen LogP contribution is 2.41. The number of aromatic nitrogens is 4. The van der Waals surface area contributed by atoms with Gasteiger partial charge in [-0.15, -0.1) is 0 Å². The normalized spacial score (nSPS) is 13.2. The predicted octanol–water partition coefficient (Wildman–Crippen LogP) is 3.62. The van der Waals surface area contributed by atoms with Crippen molar-refractivity contribution in [3.05, 3.63) is 22.0 Å². The van der Waals surface area contributed by atoms with Crippen molar-refractivity contribution in [1.29, 1.82) is 0 Å². The van der Waals surface area contributed by atoms with Gasteiger partial charge in [0.15, 0.2) is 33.6 Å². The van der Waals surface area contributed by atoms with Crippen LogP contribution in [0.5, 0.6) is 11.5 Å². The summed E-state index contributed by atoms with van der Waals surface area (Å²) in [4.78, 5) is 16.7. The van der Waals surface area contributed by atoms with Gasteiger partial charge in [0.2, 0.25) is 6.79 Å². The molecule has 1 aromatic carbocycles. The third kappa shape index (κ3) is 4.24. The van der Waals surface area contributed by atoms with Gasteiger partial charge in [-0.3, -0.25) is 0 Å². The quantitative estimate of drug-likeness (QED) is 0.467. The van der Waals surface area contributed by atoms with Gasteiger partial charge in [0.25, 0.3) is 0 Å². The third-order valence-electron chi connectivity index (χ3n) is 4.93. The standard InChI is InChI=1S/C19H23IN6O2S/c1-11(2)25(3)5-4-6-26-18-16(17(21)22-9-23-18)24-19(26)29-15-8-14-13(7-12(15)20)27-10-28-14/h7-9,11H,4-6,10H2,1-3H3,(H2,21,22,23). The lowest BCUT2D eigenvalue weighted by Gasteiger charge is -2.21. The van der Waals surface area contributed by atoms with Crippen LogP contribution >= 0.6 is 34.4 Å². The van der Waals surface area contributed by atoms with Crippen LogP contribution in [-0.4, -0.2) is 50.8 Å². The maximum atomic E-state index is 6.07. The second kappa shape index (κ2) is 8.52. The molecule has 0 saturated heterocycles. The number of rotatable bonds is 7. The van der Waals surface area contributed by atoms with Gasteiger partial charge in [-0.05, 0) is 68.6 Å². The van der Waals surface area contributed by atoms with Gasteiger partial charge in [-0.2, -0.15) is 0 Å². The lowest BCUT2D eigenvalue weighted by atomic mass is 10.3. The molecule has 0 fully saturated rings. The fourth-order valence-corrected chi connectivity index (χ4v) is 4.74.